The molecular weight excluding hydrogens is 375 g/mol. The van der Waals surface area contributed by atoms with Crippen LogP contribution in [-0.2, 0) is 0 Å². The zero-order chi connectivity index (χ0) is 15.9. The minimum absolute atomic E-state index is 0.319. The molecule has 7 heteroatoms. The van der Waals surface area contributed by atoms with Gasteiger partial charge in [-0.05, 0) is 58.4 Å². The summed E-state index contributed by atoms with van der Waals surface area (Å²) in [7, 11) is 0. The molecule has 2 aromatic rings. The van der Waals surface area contributed by atoms with E-state index in [0.717, 1.165) is 0 Å². The van der Waals surface area contributed by atoms with Gasteiger partial charge in [0.15, 0.2) is 0 Å². The monoisotopic (exact) mass is 386 g/mol. The van der Waals surface area contributed by atoms with E-state index in [1.165, 1.54) is 18.2 Å². The molecule has 0 bridgehead atoms. The van der Waals surface area contributed by atoms with Crippen LogP contribution in [0.3, 0.4) is 0 Å². The third-order valence-corrected chi connectivity index (χ3v) is 3.56. The molecule has 0 aliphatic rings. The highest BCUT2D eigenvalue weighted by molar-refractivity contribution is 9.10. The van der Waals surface area contributed by atoms with E-state index in [9.17, 15) is 9.18 Å². The third kappa shape index (κ3) is 5.20. The molecule has 2 amide bonds. The predicted octanol–water partition coefficient (Wildman–Crippen LogP) is 4.44. The zero-order valence-electron chi connectivity index (χ0n) is 11.4. The van der Waals surface area contributed by atoms with Gasteiger partial charge in [-0.15, -0.1) is 0 Å². The van der Waals surface area contributed by atoms with E-state index in [-0.39, 0.29) is 5.82 Å². The Morgan fingerprint density at radius 2 is 1.95 bits per heavy atom. The van der Waals surface area contributed by atoms with Crippen LogP contribution in [0.25, 0.3) is 0 Å². The number of benzene rings is 2. The number of urea groups is 1. The van der Waals surface area contributed by atoms with Gasteiger partial charge >= 0.3 is 6.03 Å². The van der Waals surface area contributed by atoms with Gasteiger partial charge in [0.1, 0.15) is 18.2 Å². The molecule has 0 radical (unpaired) electrons. The van der Waals surface area contributed by atoms with Crippen molar-refractivity contribution in [2.24, 2.45) is 0 Å². The molecule has 2 aromatic carbocycles. The van der Waals surface area contributed by atoms with Gasteiger partial charge in [0.25, 0.3) is 0 Å². The largest absolute Gasteiger partial charge is 0.492 e. The maximum Gasteiger partial charge on any atom is 0.319 e. The molecule has 2 N–H and O–H groups in total. The van der Waals surface area contributed by atoms with Gasteiger partial charge < -0.3 is 15.4 Å². The van der Waals surface area contributed by atoms with Gasteiger partial charge in [0.05, 0.1) is 12.2 Å². The number of hydrogen-bond acceptors (Lipinski definition) is 2. The molecule has 116 valence electrons. The average Bonchev–Trinajstić information content (AvgIpc) is 2.48. The minimum Gasteiger partial charge on any atom is -0.492 e. The maximum absolute atomic E-state index is 12.9. The lowest BCUT2D eigenvalue weighted by Gasteiger charge is -2.10. The molecule has 0 aromatic heterocycles. The van der Waals surface area contributed by atoms with Gasteiger partial charge in [-0.1, -0.05) is 11.6 Å². The number of halogens is 3. The van der Waals surface area contributed by atoms with E-state index < -0.39 is 6.03 Å². The van der Waals surface area contributed by atoms with E-state index in [2.05, 4.69) is 26.6 Å². The van der Waals surface area contributed by atoms with Gasteiger partial charge in [-0.3, -0.25) is 0 Å². The van der Waals surface area contributed by atoms with Crippen molar-refractivity contribution in [3.8, 4) is 5.75 Å². The number of anilines is 1. The second-order valence-electron chi connectivity index (χ2n) is 4.31. The molecule has 0 unspecified atom stereocenters. The summed E-state index contributed by atoms with van der Waals surface area (Å²) in [4.78, 5) is 11.7. The second-order valence-corrected chi connectivity index (χ2v) is 5.60. The quantitative estimate of drug-likeness (QED) is 0.745. The molecule has 0 saturated heterocycles. The van der Waals surface area contributed by atoms with Gasteiger partial charge in [-0.2, -0.15) is 0 Å². The number of carbonyl (C=O) groups excluding carboxylic acids is 1. The highest BCUT2D eigenvalue weighted by Crippen LogP contribution is 2.22. The van der Waals surface area contributed by atoms with Crippen LogP contribution in [0.1, 0.15) is 0 Å². The van der Waals surface area contributed by atoms with Gasteiger partial charge in [0, 0.05) is 9.50 Å². The standard InChI is InChI=1S/C15H13BrClFN2O2/c16-13-9-11(18)3-6-14(13)20-15(21)19-7-8-22-12-4-1-10(17)2-5-12/h1-6,9H,7-8H2,(H2,19,20,21). The molecular formula is C15H13BrClFN2O2. The molecule has 2 rings (SSSR count). The number of rotatable bonds is 5. The van der Waals surface area contributed by atoms with E-state index in [1.54, 1.807) is 24.3 Å². The number of nitrogens with one attached hydrogen (secondary N) is 2. The molecule has 0 atom stereocenters. The van der Waals surface area contributed by atoms with Crippen LogP contribution in [-0.4, -0.2) is 19.2 Å². The Morgan fingerprint density at radius 3 is 2.64 bits per heavy atom. The van der Waals surface area contributed by atoms with E-state index in [1.807, 2.05) is 0 Å². The Balaban J connectivity index is 1.72. The first-order valence-electron chi connectivity index (χ1n) is 6.43. The maximum atomic E-state index is 12.9. The summed E-state index contributed by atoms with van der Waals surface area (Å²) >= 11 is 8.94. The zero-order valence-corrected chi connectivity index (χ0v) is 13.7. The average molecular weight is 388 g/mol. The summed E-state index contributed by atoms with van der Waals surface area (Å²) in [5.74, 6) is 0.294. The first-order chi connectivity index (χ1) is 10.5. The fourth-order valence-electron chi connectivity index (χ4n) is 1.62. The fourth-order valence-corrected chi connectivity index (χ4v) is 2.20. The van der Waals surface area contributed by atoms with Crippen molar-refractivity contribution in [3.05, 3.63) is 57.8 Å². The fraction of sp³-hybridized carbons (Fsp3) is 0.133. The smallest absolute Gasteiger partial charge is 0.319 e. The Hall–Kier alpha value is -1.79. The summed E-state index contributed by atoms with van der Waals surface area (Å²) in [5, 5.41) is 5.88. The lowest BCUT2D eigenvalue weighted by atomic mass is 10.3. The van der Waals surface area contributed by atoms with Crippen LogP contribution in [0.5, 0.6) is 5.75 Å². The first kappa shape index (κ1) is 16.6. The SMILES string of the molecule is O=C(NCCOc1ccc(Cl)cc1)Nc1ccc(F)cc1Br. The van der Waals surface area contributed by atoms with Crippen LogP contribution >= 0.6 is 27.5 Å². The first-order valence-corrected chi connectivity index (χ1v) is 7.60. The van der Waals surface area contributed by atoms with Crippen molar-refractivity contribution in [1.29, 1.82) is 0 Å². The molecule has 0 saturated carbocycles. The number of hydrogen-bond donors (Lipinski definition) is 2. The van der Waals surface area contributed by atoms with Crippen LogP contribution in [0, 0.1) is 5.82 Å². The normalized spacial score (nSPS) is 10.1. The van der Waals surface area contributed by atoms with Crippen LogP contribution in [0.4, 0.5) is 14.9 Å². The summed E-state index contributed by atoms with van der Waals surface area (Å²) in [6.07, 6.45) is 0. The molecule has 0 heterocycles. The summed E-state index contributed by atoms with van der Waals surface area (Å²) in [5.41, 5.74) is 0.484. The molecule has 0 spiro atoms. The van der Waals surface area contributed by atoms with Crippen molar-refractivity contribution in [1.82, 2.24) is 5.32 Å². The Kier molecular flexibility index (Phi) is 6.03. The molecule has 22 heavy (non-hydrogen) atoms. The topological polar surface area (TPSA) is 50.4 Å². The van der Waals surface area contributed by atoms with Crippen molar-refractivity contribution < 1.29 is 13.9 Å². The predicted molar refractivity (Wildman–Crippen MR) is 88.1 cm³/mol. The number of amides is 2. The Morgan fingerprint density at radius 1 is 1.23 bits per heavy atom. The van der Waals surface area contributed by atoms with Gasteiger partial charge in [0.2, 0.25) is 0 Å². The molecule has 0 aliphatic heterocycles. The molecule has 0 aliphatic carbocycles. The Labute approximate surface area is 140 Å². The second kappa shape index (κ2) is 8.00. The van der Waals surface area contributed by atoms with Crippen LogP contribution < -0.4 is 15.4 Å². The van der Waals surface area contributed by atoms with E-state index in [4.69, 9.17) is 16.3 Å². The van der Waals surface area contributed by atoms with Gasteiger partial charge in [-0.25, -0.2) is 9.18 Å². The lowest BCUT2D eigenvalue weighted by molar-refractivity contribution is 0.247. The third-order valence-electron chi connectivity index (χ3n) is 2.65. The minimum atomic E-state index is -0.396. The molecule has 4 nitrogen and oxygen atoms in total. The van der Waals surface area contributed by atoms with Crippen molar-refractivity contribution in [2.75, 3.05) is 18.5 Å². The van der Waals surface area contributed by atoms with E-state index in [0.29, 0.717) is 34.1 Å². The van der Waals surface area contributed by atoms with Crippen LogP contribution in [0.15, 0.2) is 46.9 Å². The summed E-state index contributed by atoms with van der Waals surface area (Å²) in [6.45, 7) is 0.646. The Bertz CT molecular complexity index is 652. The number of ether oxygens (including phenoxy) is 1. The number of carbonyl (C=O) groups is 1. The highest BCUT2D eigenvalue weighted by Gasteiger charge is 2.05. The van der Waals surface area contributed by atoms with Crippen LogP contribution in [0.2, 0.25) is 5.02 Å². The molecule has 0 fully saturated rings. The van der Waals surface area contributed by atoms with E-state index >= 15 is 0 Å². The van der Waals surface area contributed by atoms with Crippen molar-refractivity contribution in [3.63, 3.8) is 0 Å². The van der Waals surface area contributed by atoms with Crippen molar-refractivity contribution >= 4 is 39.2 Å². The summed E-state index contributed by atoms with van der Waals surface area (Å²) in [6, 6.07) is 10.6. The summed E-state index contributed by atoms with van der Waals surface area (Å²) < 4.78 is 18.8. The van der Waals surface area contributed by atoms with Crippen molar-refractivity contribution in [2.45, 2.75) is 0 Å². The highest BCUT2D eigenvalue weighted by atomic mass is 79.9. The lowest BCUT2D eigenvalue weighted by Crippen LogP contribution is -2.32.